The molecule has 124 valence electrons. The second kappa shape index (κ2) is 7.74. The maximum atomic E-state index is 12.5. The molecule has 2 unspecified atom stereocenters. The van der Waals surface area contributed by atoms with Crippen molar-refractivity contribution in [1.29, 1.82) is 0 Å². The number of rotatable bonds is 5. The average Bonchev–Trinajstić information content (AvgIpc) is 3.08. The Morgan fingerprint density at radius 3 is 2.55 bits per heavy atom. The van der Waals surface area contributed by atoms with Crippen LogP contribution in [0.3, 0.4) is 0 Å². The minimum absolute atomic E-state index is 0.00389. The highest BCUT2D eigenvalue weighted by Gasteiger charge is 2.44. The predicted molar refractivity (Wildman–Crippen MR) is 85.6 cm³/mol. The maximum Gasteiger partial charge on any atom is 0.228 e. The first-order chi connectivity index (χ1) is 10.5. The standard InChI is InChI=1S/C16H28N4O2/c1-4-5-10-17-16(22)14-11-20(13-8-6-7-9-13)19(3)15(14)18-12(2)21/h4-5,13-15H,6-11H2,1-3H3,(H,17,22)(H,18,21)/b5-4+. The molecule has 2 fully saturated rings. The molecule has 1 aliphatic heterocycles. The van der Waals surface area contributed by atoms with Crippen molar-refractivity contribution in [2.75, 3.05) is 20.1 Å². The summed E-state index contributed by atoms with van der Waals surface area (Å²) in [5.41, 5.74) is 0. The summed E-state index contributed by atoms with van der Waals surface area (Å²) < 4.78 is 0. The van der Waals surface area contributed by atoms with Crippen molar-refractivity contribution in [1.82, 2.24) is 20.7 Å². The van der Waals surface area contributed by atoms with Crippen molar-refractivity contribution in [3.05, 3.63) is 12.2 Å². The number of carbonyl (C=O) groups is 2. The number of amides is 2. The van der Waals surface area contributed by atoms with Gasteiger partial charge in [-0.2, -0.15) is 0 Å². The van der Waals surface area contributed by atoms with Crippen molar-refractivity contribution in [2.24, 2.45) is 5.92 Å². The molecule has 0 aromatic heterocycles. The van der Waals surface area contributed by atoms with Gasteiger partial charge in [0.2, 0.25) is 11.8 Å². The number of carbonyl (C=O) groups excluding carboxylic acids is 2. The highest BCUT2D eigenvalue weighted by atomic mass is 16.2. The third-order valence-electron chi connectivity index (χ3n) is 4.64. The van der Waals surface area contributed by atoms with Gasteiger partial charge in [-0.05, 0) is 19.8 Å². The van der Waals surface area contributed by atoms with Gasteiger partial charge >= 0.3 is 0 Å². The van der Waals surface area contributed by atoms with Gasteiger partial charge in [-0.25, -0.2) is 10.0 Å². The van der Waals surface area contributed by atoms with Crippen LogP contribution in [0.1, 0.15) is 39.5 Å². The quantitative estimate of drug-likeness (QED) is 0.740. The van der Waals surface area contributed by atoms with Gasteiger partial charge in [0, 0.05) is 33.1 Å². The summed E-state index contributed by atoms with van der Waals surface area (Å²) >= 11 is 0. The number of nitrogens with zero attached hydrogens (tertiary/aromatic N) is 2. The van der Waals surface area contributed by atoms with Gasteiger partial charge in [0.15, 0.2) is 0 Å². The van der Waals surface area contributed by atoms with Crippen molar-refractivity contribution >= 4 is 11.8 Å². The Morgan fingerprint density at radius 1 is 1.27 bits per heavy atom. The summed E-state index contributed by atoms with van der Waals surface area (Å²) in [6.07, 6.45) is 8.41. The molecule has 0 spiro atoms. The van der Waals surface area contributed by atoms with Gasteiger partial charge in [-0.1, -0.05) is 25.0 Å². The molecule has 0 radical (unpaired) electrons. The minimum atomic E-state index is -0.260. The number of hydrogen-bond acceptors (Lipinski definition) is 4. The van der Waals surface area contributed by atoms with Crippen LogP contribution < -0.4 is 10.6 Å². The summed E-state index contributed by atoms with van der Waals surface area (Å²) in [4.78, 5) is 24.0. The first kappa shape index (κ1) is 17.0. The van der Waals surface area contributed by atoms with Gasteiger partial charge in [-0.3, -0.25) is 9.59 Å². The zero-order valence-corrected chi connectivity index (χ0v) is 13.8. The Balaban J connectivity index is 2.06. The summed E-state index contributed by atoms with van der Waals surface area (Å²) in [7, 11) is 1.97. The van der Waals surface area contributed by atoms with Crippen LogP contribution >= 0.6 is 0 Å². The molecule has 1 saturated carbocycles. The van der Waals surface area contributed by atoms with E-state index in [0.29, 0.717) is 19.1 Å². The zero-order chi connectivity index (χ0) is 16.1. The highest BCUT2D eigenvalue weighted by molar-refractivity contribution is 5.81. The molecular weight excluding hydrogens is 280 g/mol. The van der Waals surface area contributed by atoms with Crippen LogP contribution in [0.2, 0.25) is 0 Å². The molecule has 1 saturated heterocycles. The fourth-order valence-corrected chi connectivity index (χ4v) is 3.50. The van der Waals surface area contributed by atoms with Gasteiger partial charge in [0.25, 0.3) is 0 Å². The van der Waals surface area contributed by atoms with Crippen LogP contribution in [0.25, 0.3) is 0 Å². The molecule has 0 bridgehead atoms. The third kappa shape index (κ3) is 3.87. The number of allylic oxidation sites excluding steroid dienone is 1. The predicted octanol–water partition coefficient (Wildman–Crippen LogP) is 0.862. The monoisotopic (exact) mass is 308 g/mol. The van der Waals surface area contributed by atoms with Crippen LogP contribution in [-0.2, 0) is 9.59 Å². The Hall–Kier alpha value is -1.40. The molecule has 0 aromatic rings. The van der Waals surface area contributed by atoms with Gasteiger partial charge in [0.1, 0.15) is 6.17 Å². The van der Waals surface area contributed by atoms with Gasteiger partial charge in [0.05, 0.1) is 5.92 Å². The summed E-state index contributed by atoms with van der Waals surface area (Å²) in [5.74, 6) is -0.333. The number of hydrazine groups is 1. The van der Waals surface area contributed by atoms with E-state index < -0.39 is 0 Å². The largest absolute Gasteiger partial charge is 0.352 e. The first-order valence-corrected chi connectivity index (χ1v) is 8.20. The van der Waals surface area contributed by atoms with Crippen molar-refractivity contribution < 1.29 is 9.59 Å². The molecule has 6 heteroatoms. The fourth-order valence-electron chi connectivity index (χ4n) is 3.50. The van der Waals surface area contributed by atoms with E-state index in [1.165, 1.54) is 32.6 Å². The molecule has 2 aliphatic rings. The molecule has 2 N–H and O–H groups in total. The maximum absolute atomic E-state index is 12.5. The molecule has 2 atom stereocenters. The fraction of sp³-hybridized carbons (Fsp3) is 0.750. The van der Waals surface area contributed by atoms with E-state index in [9.17, 15) is 9.59 Å². The lowest BCUT2D eigenvalue weighted by Gasteiger charge is -2.33. The molecule has 6 nitrogen and oxygen atoms in total. The molecule has 1 heterocycles. The van der Waals surface area contributed by atoms with Crippen LogP contribution in [0.5, 0.6) is 0 Å². The lowest BCUT2D eigenvalue weighted by atomic mass is 10.1. The zero-order valence-electron chi connectivity index (χ0n) is 13.8. The highest BCUT2D eigenvalue weighted by Crippen LogP contribution is 2.31. The molecular formula is C16H28N4O2. The van der Waals surface area contributed by atoms with E-state index in [1.807, 2.05) is 26.1 Å². The Kier molecular flexibility index (Phi) is 5.97. The summed E-state index contributed by atoms with van der Waals surface area (Å²) in [6.45, 7) is 4.64. The second-order valence-electron chi connectivity index (χ2n) is 6.20. The van der Waals surface area contributed by atoms with Crippen LogP contribution in [0, 0.1) is 5.92 Å². The molecule has 0 aromatic carbocycles. The van der Waals surface area contributed by atoms with E-state index in [-0.39, 0.29) is 23.9 Å². The molecule has 2 amide bonds. The SMILES string of the molecule is C/C=C/CNC(=O)C1CN(C2CCCC2)N(C)C1NC(C)=O. The first-order valence-electron chi connectivity index (χ1n) is 8.20. The van der Waals surface area contributed by atoms with E-state index in [2.05, 4.69) is 20.7 Å². The summed E-state index contributed by atoms with van der Waals surface area (Å²) in [5, 5.41) is 10.2. The number of nitrogens with one attached hydrogen (secondary N) is 2. The van der Waals surface area contributed by atoms with Crippen molar-refractivity contribution in [2.45, 2.75) is 51.7 Å². The lowest BCUT2D eigenvalue weighted by Crippen LogP contribution is -2.52. The normalized spacial score (nSPS) is 27.6. The van der Waals surface area contributed by atoms with Crippen molar-refractivity contribution in [3.8, 4) is 0 Å². The summed E-state index contributed by atoms with van der Waals surface area (Å²) in [6, 6.07) is 0.495. The smallest absolute Gasteiger partial charge is 0.228 e. The molecule has 2 rings (SSSR count). The third-order valence-corrected chi connectivity index (χ3v) is 4.64. The van der Waals surface area contributed by atoms with Crippen LogP contribution in [0.4, 0.5) is 0 Å². The van der Waals surface area contributed by atoms with E-state index in [1.54, 1.807) is 0 Å². The van der Waals surface area contributed by atoms with E-state index in [4.69, 9.17) is 0 Å². The number of hydrogen-bond donors (Lipinski definition) is 2. The van der Waals surface area contributed by atoms with Gasteiger partial charge < -0.3 is 10.6 Å². The van der Waals surface area contributed by atoms with E-state index in [0.717, 1.165) is 0 Å². The topological polar surface area (TPSA) is 64.7 Å². The minimum Gasteiger partial charge on any atom is -0.352 e. The Labute approximate surface area is 132 Å². The molecule has 22 heavy (non-hydrogen) atoms. The van der Waals surface area contributed by atoms with E-state index >= 15 is 0 Å². The molecule has 1 aliphatic carbocycles. The Bertz CT molecular complexity index is 432. The van der Waals surface area contributed by atoms with Crippen LogP contribution in [0.15, 0.2) is 12.2 Å². The second-order valence-corrected chi connectivity index (χ2v) is 6.20. The average molecular weight is 308 g/mol. The van der Waals surface area contributed by atoms with Crippen molar-refractivity contribution in [3.63, 3.8) is 0 Å². The lowest BCUT2D eigenvalue weighted by molar-refractivity contribution is -0.127. The van der Waals surface area contributed by atoms with Gasteiger partial charge in [-0.15, -0.1) is 0 Å². The Morgan fingerprint density at radius 2 is 1.95 bits per heavy atom. The van der Waals surface area contributed by atoms with Crippen LogP contribution in [-0.4, -0.2) is 54.2 Å².